The highest BCUT2D eigenvalue weighted by Crippen LogP contribution is 2.30. The van der Waals surface area contributed by atoms with Crippen LogP contribution in [0.3, 0.4) is 0 Å². The molecule has 3 aromatic carbocycles. The van der Waals surface area contributed by atoms with Gasteiger partial charge in [0, 0.05) is 23.8 Å². The van der Waals surface area contributed by atoms with E-state index >= 15 is 0 Å². The largest absolute Gasteiger partial charge is 0.508 e. The van der Waals surface area contributed by atoms with Crippen molar-refractivity contribution in [2.24, 2.45) is 5.10 Å². The quantitative estimate of drug-likeness (QED) is 0.236. The minimum Gasteiger partial charge on any atom is -0.508 e. The van der Waals surface area contributed by atoms with E-state index in [1.165, 1.54) is 36.5 Å². The number of non-ortho nitro benzene ring substituents is 1. The number of rotatable bonds is 7. The van der Waals surface area contributed by atoms with Crippen molar-refractivity contribution in [2.45, 2.75) is 4.90 Å². The topological polar surface area (TPSA) is 154 Å². The fourth-order valence-corrected chi connectivity index (χ4v) is 3.99. The van der Waals surface area contributed by atoms with E-state index in [1.807, 2.05) is 0 Å². The predicted molar refractivity (Wildman–Crippen MR) is 116 cm³/mol. The van der Waals surface area contributed by atoms with Gasteiger partial charge >= 0.3 is 0 Å². The number of hydrogen-bond acceptors (Lipinski definition) is 8. The van der Waals surface area contributed by atoms with Crippen LogP contribution in [-0.2, 0) is 10.0 Å². The number of phenols is 2. The van der Waals surface area contributed by atoms with Crippen LogP contribution < -0.4 is 10.1 Å². The summed E-state index contributed by atoms with van der Waals surface area (Å²) in [7, 11) is -4.29. The molecule has 0 atom stereocenters. The van der Waals surface area contributed by atoms with Crippen molar-refractivity contribution in [3.05, 3.63) is 81.4 Å². The van der Waals surface area contributed by atoms with Crippen LogP contribution in [0.2, 0.25) is 5.02 Å². The molecule has 3 aromatic rings. The Morgan fingerprint density at radius 3 is 2.45 bits per heavy atom. The van der Waals surface area contributed by atoms with Crippen LogP contribution in [0.15, 0.2) is 70.7 Å². The molecule has 12 heteroatoms. The van der Waals surface area contributed by atoms with Crippen LogP contribution in [-0.4, -0.2) is 29.8 Å². The second-order valence-electron chi connectivity index (χ2n) is 6.14. The van der Waals surface area contributed by atoms with E-state index in [1.54, 1.807) is 12.1 Å². The highest BCUT2D eigenvalue weighted by atomic mass is 35.5. The molecule has 0 unspecified atom stereocenters. The van der Waals surface area contributed by atoms with Crippen molar-refractivity contribution >= 4 is 44.9 Å². The number of nitro benzene ring substituents is 1. The summed E-state index contributed by atoms with van der Waals surface area (Å²) in [5.74, 6) is -0.389. The lowest BCUT2D eigenvalue weighted by atomic mass is 10.2. The number of anilines is 2. The number of sulfonamides is 1. The molecule has 0 saturated carbocycles. The fraction of sp³-hybridized carbons (Fsp3) is 0. The number of benzene rings is 3. The van der Waals surface area contributed by atoms with Gasteiger partial charge < -0.3 is 10.2 Å². The standard InChI is InChI=1S/C19H15ClN4O6S/c20-15-3-1-2-4-16(15)23-31(29,30)19-9-13(24(27)28)6-8-17(19)22-21-11-12-5-7-14(25)10-18(12)26/h1-11,22-23,25-26H/b21-11+. The van der Waals surface area contributed by atoms with Crippen LogP contribution in [0, 0.1) is 10.1 Å². The minimum absolute atomic E-state index is 0.0559. The van der Waals surface area contributed by atoms with Crippen LogP contribution in [0.1, 0.15) is 5.56 Å². The number of nitrogens with zero attached hydrogens (tertiary/aromatic N) is 2. The summed E-state index contributed by atoms with van der Waals surface area (Å²) in [5.41, 5.74) is 2.34. The molecular weight excluding hydrogens is 448 g/mol. The molecule has 0 fully saturated rings. The zero-order valence-corrected chi connectivity index (χ0v) is 17.1. The Labute approximate surface area is 181 Å². The van der Waals surface area contributed by atoms with Gasteiger partial charge in [0.15, 0.2) is 0 Å². The van der Waals surface area contributed by atoms with Gasteiger partial charge in [0.1, 0.15) is 16.4 Å². The number of para-hydroxylation sites is 1. The molecule has 0 aliphatic heterocycles. The van der Waals surface area contributed by atoms with Crippen molar-refractivity contribution in [1.29, 1.82) is 0 Å². The van der Waals surface area contributed by atoms with Gasteiger partial charge in [-0.05, 0) is 30.3 Å². The van der Waals surface area contributed by atoms with Gasteiger partial charge in [0.05, 0.1) is 27.5 Å². The fourth-order valence-electron chi connectivity index (χ4n) is 2.50. The van der Waals surface area contributed by atoms with Crippen LogP contribution in [0.5, 0.6) is 11.5 Å². The molecule has 0 bridgehead atoms. The average Bonchev–Trinajstić information content (AvgIpc) is 2.71. The van der Waals surface area contributed by atoms with Crippen molar-refractivity contribution in [2.75, 3.05) is 10.1 Å². The maximum absolute atomic E-state index is 12.9. The van der Waals surface area contributed by atoms with Gasteiger partial charge in [0.25, 0.3) is 15.7 Å². The Morgan fingerprint density at radius 2 is 1.77 bits per heavy atom. The van der Waals surface area contributed by atoms with Gasteiger partial charge in [-0.15, -0.1) is 0 Å². The number of nitrogens with one attached hydrogen (secondary N) is 2. The highest BCUT2D eigenvalue weighted by molar-refractivity contribution is 7.93. The lowest BCUT2D eigenvalue weighted by Gasteiger charge is -2.13. The molecule has 10 nitrogen and oxygen atoms in total. The van der Waals surface area contributed by atoms with E-state index < -0.39 is 25.5 Å². The number of aromatic hydroxyl groups is 2. The number of nitro groups is 1. The lowest BCUT2D eigenvalue weighted by Crippen LogP contribution is -2.15. The third-order valence-electron chi connectivity index (χ3n) is 3.99. The molecule has 0 saturated heterocycles. The summed E-state index contributed by atoms with van der Waals surface area (Å²) in [5, 5.41) is 34.3. The summed E-state index contributed by atoms with van der Waals surface area (Å²) in [6, 6.07) is 13.1. The van der Waals surface area contributed by atoms with Crippen molar-refractivity contribution in [3.8, 4) is 11.5 Å². The zero-order chi connectivity index (χ0) is 22.6. The van der Waals surface area contributed by atoms with E-state index in [4.69, 9.17) is 11.6 Å². The number of halogens is 1. The number of hydrogen-bond donors (Lipinski definition) is 4. The first-order chi connectivity index (χ1) is 14.7. The van der Waals surface area contributed by atoms with Gasteiger partial charge in [-0.25, -0.2) is 8.42 Å². The van der Waals surface area contributed by atoms with Gasteiger partial charge in [-0.2, -0.15) is 5.10 Å². The van der Waals surface area contributed by atoms with E-state index in [-0.39, 0.29) is 33.5 Å². The third-order valence-corrected chi connectivity index (χ3v) is 5.72. The summed E-state index contributed by atoms with van der Waals surface area (Å²) < 4.78 is 28.1. The first-order valence-corrected chi connectivity index (χ1v) is 10.4. The Kier molecular flexibility index (Phi) is 6.28. The summed E-state index contributed by atoms with van der Waals surface area (Å²) in [6.45, 7) is 0. The molecule has 0 spiro atoms. The van der Waals surface area contributed by atoms with Gasteiger partial charge in [0.2, 0.25) is 0 Å². The molecule has 0 radical (unpaired) electrons. The van der Waals surface area contributed by atoms with Gasteiger partial charge in [-0.3, -0.25) is 20.3 Å². The lowest BCUT2D eigenvalue weighted by molar-refractivity contribution is -0.385. The second kappa shape index (κ2) is 8.90. The first kappa shape index (κ1) is 21.9. The summed E-state index contributed by atoms with van der Waals surface area (Å²) in [4.78, 5) is 9.98. The zero-order valence-electron chi connectivity index (χ0n) is 15.6. The third kappa shape index (κ3) is 5.21. The second-order valence-corrected chi connectivity index (χ2v) is 8.19. The van der Waals surface area contributed by atoms with E-state index in [0.717, 1.165) is 18.2 Å². The van der Waals surface area contributed by atoms with E-state index in [0.29, 0.717) is 0 Å². The molecular formula is C19H15ClN4O6S. The Hall–Kier alpha value is -3.83. The maximum Gasteiger partial charge on any atom is 0.270 e. The SMILES string of the molecule is O=[N+]([O-])c1ccc(N/N=C/c2ccc(O)cc2O)c(S(=O)(=O)Nc2ccccc2Cl)c1. The molecule has 0 amide bonds. The highest BCUT2D eigenvalue weighted by Gasteiger charge is 2.23. The Morgan fingerprint density at radius 1 is 1.03 bits per heavy atom. The van der Waals surface area contributed by atoms with Crippen molar-refractivity contribution in [1.82, 2.24) is 0 Å². The molecule has 0 aliphatic carbocycles. The average molecular weight is 463 g/mol. The summed E-state index contributed by atoms with van der Waals surface area (Å²) >= 11 is 6.00. The van der Waals surface area contributed by atoms with Crippen LogP contribution >= 0.6 is 11.6 Å². The van der Waals surface area contributed by atoms with E-state index in [2.05, 4.69) is 15.2 Å². The summed E-state index contributed by atoms with van der Waals surface area (Å²) in [6.07, 6.45) is 1.19. The maximum atomic E-state index is 12.9. The molecule has 0 aromatic heterocycles. The molecule has 3 rings (SSSR count). The number of phenolic OH excluding ortho intramolecular Hbond substituents is 2. The molecule has 0 heterocycles. The van der Waals surface area contributed by atoms with Crippen LogP contribution in [0.25, 0.3) is 0 Å². The Bertz CT molecular complexity index is 1280. The van der Waals surface area contributed by atoms with E-state index in [9.17, 15) is 28.7 Å². The molecule has 4 N–H and O–H groups in total. The minimum atomic E-state index is -4.29. The monoisotopic (exact) mass is 462 g/mol. The smallest absolute Gasteiger partial charge is 0.270 e. The predicted octanol–water partition coefficient (Wildman–Crippen LogP) is 3.91. The molecule has 160 valence electrons. The molecule has 0 aliphatic rings. The Balaban J connectivity index is 1.96. The van der Waals surface area contributed by atoms with Crippen LogP contribution in [0.4, 0.5) is 17.1 Å². The normalized spacial score (nSPS) is 11.4. The first-order valence-electron chi connectivity index (χ1n) is 8.54. The number of hydrazone groups is 1. The van der Waals surface area contributed by atoms with Crippen molar-refractivity contribution < 1.29 is 23.6 Å². The van der Waals surface area contributed by atoms with Crippen molar-refractivity contribution in [3.63, 3.8) is 0 Å². The van der Waals surface area contributed by atoms with Gasteiger partial charge in [-0.1, -0.05) is 23.7 Å². The molecule has 31 heavy (non-hydrogen) atoms.